The fraction of sp³-hybridized carbons (Fsp3) is 0.368. The lowest BCUT2D eigenvalue weighted by molar-refractivity contribution is 0.0200. The lowest BCUT2D eigenvalue weighted by Crippen LogP contribution is -2.50. The predicted octanol–water partition coefficient (Wildman–Crippen LogP) is 2.45. The molecule has 1 aliphatic rings. The van der Waals surface area contributed by atoms with Gasteiger partial charge in [-0.3, -0.25) is 4.90 Å². The van der Waals surface area contributed by atoms with Gasteiger partial charge in [0.25, 0.3) is 0 Å². The van der Waals surface area contributed by atoms with E-state index in [4.69, 9.17) is 0 Å². The average molecular weight is 332 g/mol. The minimum atomic E-state index is -1.31. The topological polar surface area (TPSA) is 26.7 Å². The maximum absolute atomic E-state index is 13.3. The molecular weight excluding hydrogens is 310 g/mol. The summed E-state index contributed by atoms with van der Waals surface area (Å²) in [6, 6.07) is 11.7. The Kier molecular flexibility index (Phi) is 4.94. The minimum absolute atomic E-state index is 0.347. The van der Waals surface area contributed by atoms with Crippen LogP contribution in [-0.4, -0.2) is 54.7 Å². The van der Waals surface area contributed by atoms with Crippen molar-refractivity contribution in [2.24, 2.45) is 0 Å². The van der Waals surface area contributed by atoms with Crippen molar-refractivity contribution >= 4 is 0 Å². The zero-order chi connectivity index (χ0) is 17.2. The number of piperazine rings is 1. The molecule has 1 N–H and O–H groups in total. The summed E-state index contributed by atoms with van der Waals surface area (Å²) in [5.41, 5.74) is -0.0963. The van der Waals surface area contributed by atoms with Crippen LogP contribution in [0.5, 0.6) is 0 Å². The number of benzene rings is 2. The molecule has 1 saturated heterocycles. The van der Waals surface area contributed by atoms with E-state index < -0.39 is 5.60 Å². The Bertz CT molecular complexity index is 619. The molecule has 0 spiro atoms. The van der Waals surface area contributed by atoms with Crippen LogP contribution in [0, 0.1) is 11.6 Å². The van der Waals surface area contributed by atoms with Crippen molar-refractivity contribution in [1.29, 1.82) is 0 Å². The molecular formula is C19H22F2N2O. The predicted molar refractivity (Wildman–Crippen MR) is 89.7 cm³/mol. The summed E-state index contributed by atoms with van der Waals surface area (Å²) < 4.78 is 26.6. The number of hydrogen-bond acceptors (Lipinski definition) is 3. The van der Waals surface area contributed by atoms with Crippen LogP contribution in [0.15, 0.2) is 48.5 Å². The zero-order valence-corrected chi connectivity index (χ0v) is 13.8. The highest BCUT2D eigenvalue weighted by Crippen LogP contribution is 2.31. The maximum atomic E-state index is 13.3. The number of rotatable bonds is 4. The molecule has 24 heavy (non-hydrogen) atoms. The molecule has 0 aliphatic carbocycles. The Morgan fingerprint density at radius 1 is 0.833 bits per heavy atom. The van der Waals surface area contributed by atoms with Crippen molar-refractivity contribution < 1.29 is 13.9 Å². The molecule has 5 heteroatoms. The maximum Gasteiger partial charge on any atom is 0.127 e. The summed E-state index contributed by atoms with van der Waals surface area (Å²) in [5, 5.41) is 11.5. The monoisotopic (exact) mass is 332 g/mol. The number of halogens is 2. The molecule has 0 unspecified atom stereocenters. The first-order valence-electron chi connectivity index (χ1n) is 8.13. The Labute approximate surface area is 141 Å². The van der Waals surface area contributed by atoms with Crippen LogP contribution < -0.4 is 0 Å². The second kappa shape index (κ2) is 6.97. The molecule has 0 amide bonds. The third-order valence-corrected chi connectivity index (χ3v) is 4.69. The molecule has 0 aromatic heterocycles. The van der Waals surface area contributed by atoms with E-state index in [0.717, 1.165) is 26.2 Å². The highest BCUT2D eigenvalue weighted by atomic mass is 19.1. The van der Waals surface area contributed by atoms with E-state index in [0.29, 0.717) is 17.7 Å². The van der Waals surface area contributed by atoms with Gasteiger partial charge < -0.3 is 10.0 Å². The van der Waals surface area contributed by atoms with Gasteiger partial charge in [-0.1, -0.05) is 24.3 Å². The number of nitrogens with zero attached hydrogens (tertiary/aromatic N) is 2. The molecule has 2 aromatic rings. The third kappa shape index (κ3) is 3.64. The molecule has 1 aliphatic heterocycles. The van der Waals surface area contributed by atoms with Gasteiger partial charge in [0.15, 0.2) is 0 Å². The fourth-order valence-electron chi connectivity index (χ4n) is 3.13. The van der Waals surface area contributed by atoms with Crippen molar-refractivity contribution in [2.75, 3.05) is 39.8 Å². The average Bonchev–Trinajstić information content (AvgIpc) is 2.58. The molecule has 0 radical (unpaired) electrons. The van der Waals surface area contributed by atoms with Crippen LogP contribution in [0.2, 0.25) is 0 Å². The molecule has 1 fully saturated rings. The van der Waals surface area contributed by atoms with E-state index in [1.165, 1.54) is 24.3 Å². The summed E-state index contributed by atoms with van der Waals surface area (Å²) in [5.74, 6) is -0.695. The molecule has 2 aromatic carbocycles. The summed E-state index contributed by atoms with van der Waals surface area (Å²) >= 11 is 0. The first kappa shape index (κ1) is 17.0. The van der Waals surface area contributed by atoms with Gasteiger partial charge in [0.2, 0.25) is 0 Å². The highest BCUT2D eigenvalue weighted by Gasteiger charge is 2.34. The largest absolute Gasteiger partial charge is 0.379 e. The lowest BCUT2D eigenvalue weighted by Gasteiger charge is -2.39. The van der Waals surface area contributed by atoms with E-state index in [1.54, 1.807) is 24.3 Å². The lowest BCUT2D eigenvalue weighted by atomic mass is 9.85. The van der Waals surface area contributed by atoms with Crippen molar-refractivity contribution in [3.8, 4) is 0 Å². The van der Waals surface area contributed by atoms with Gasteiger partial charge in [-0.05, 0) is 42.4 Å². The van der Waals surface area contributed by atoms with E-state index in [1.807, 2.05) is 0 Å². The van der Waals surface area contributed by atoms with E-state index in [2.05, 4.69) is 16.8 Å². The van der Waals surface area contributed by atoms with Crippen LogP contribution in [0.25, 0.3) is 0 Å². The Morgan fingerprint density at radius 2 is 1.25 bits per heavy atom. The SMILES string of the molecule is CN1CCN(CC(O)(c2ccc(F)cc2)c2ccc(F)cc2)CC1. The number of β-amino-alcohol motifs (C(OH)–C–C–N with tert-alkyl or cyclic N) is 1. The van der Waals surface area contributed by atoms with Gasteiger partial charge in [0.1, 0.15) is 17.2 Å². The smallest absolute Gasteiger partial charge is 0.127 e. The van der Waals surface area contributed by atoms with Crippen molar-refractivity contribution in [1.82, 2.24) is 9.80 Å². The van der Waals surface area contributed by atoms with Crippen molar-refractivity contribution in [2.45, 2.75) is 5.60 Å². The molecule has 3 nitrogen and oxygen atoms in total. The fourth-order valence-corrected chi connectivity index (χ4v) is 3.13. The van der Waals surface area contributed by atoms with Crippen LogP contribution in [-0.2, 0) is 5.60 Å². The standard InChI is InChI=1S/C19H22F2N2O/c1-22-10-12-23(13-11-22)14-19(24,15-2-6-17(20)7-3-15)16-4-8-18(21)9-5-16/h2-9,24H,10-14H2,1H3. The second-order valence-corrected chi connectivity index (χ2v) is 6.45. The molecule has 3 rings (SSSR count). The Balaban J connectivity index is 1.93. The first-order valence-corrected chi connectivity index (χ1v) is 8.13. The second-order valence-electron chi connectivity index (χ2n) is 6.45. The Morgan fingerprint density at radius 3 is 1.67 bits per heavy atom. The van der Waals surface area contributed by atoms with Gasteiger partial charge in [0, 0.05) is 32.7 Å². The minimum Gasteiger partial charge on any atom is -0.379 e. The van der Waals surface area contributed by atoms with Gasteiger partial charge >= 0.3 is 0 Å². The molecule has 0 saturated carbocycles. The van der Waals surface area contributed by atoms with Gasteiger partial charge in [-0.2, -0.15) is 0 Å². The number of hydrogen-bond donors (Lipinski definition) is 1. The van der Waals surface area contributed by atoms with Crippen LogP contribution in [0.4, 0.5) is 8.78 Å². The van der Waals surface area contributed by atoms with Gasteiger partial charge in [0.05, 0.1) is 0 Å². The van der Waals surface area contributed by atoms with Gasteiger partial charge in [-0.15, -0.1) is 0 Å². The summed E-state index contributed by atoms with van der Waals surface area (Å²) in [4.78, 5) is 4.43. The van der Waals surface area contributed by atoms with Crippen LogP contribution in [0.1, 0.15) is 11.1 Å². The van der Waals surface area contributed by atoms with Gasteiger partial charge in [-0.25, -0.2) is 8.78 Å². The molecule has 1 heterocycles. The molecule has 128 valence electrons. The summed E-state index contributed by atoms with van der Waals surface area (Å²) in [6.45, 7) is 3.95. The van der Waals surface area contributed by atoms with Crippen LogP contribution in [0.3, 0.4) is 0 Å². The van der Waals surface area contributed by atoms with Crippen molar-refractivity contribution in [3.05, 3.63) is 71.3 Å². The first-order chi connectivity index (χ1) is 11.5. The van der Waals surface area contributed by atoms with E-state index >= 15 is 0 Å². The normalized spacial score (nSPS) is 17.2. The number of likely N-dealkylation sites (N-methyl/N-ethyl adjacent to an activating group) is 1. The zero-order valence-electron chi connectivity index (χ0n) is 13.8. The van der Waals surface area contributed by atoms with Crippen molar-refractivity contribution in [3.63, 3.8) is 0 Å². The third-order valence-electron chi connectivity index (χ3n) is 4.69. The van der Waals surface area contributed by atoms with Crippen LogP contribution >= 0.6 is 0 Å². The number of aliphatic hydroxyl groups is 1. The molecule has 0 atom stereocenters. The Hall–Kier alpha value is -1.82. The summed E-state index contributed by atoms with van der Waals surface area (Å²) in [7, 11) is 2.07. The summed E-state index contributed by atoms with van der Waals surface area (Å²) in [6.07, 6.45) is 0. The van der Waals surface area contributed by atoms with E-state index in [-0.39, 0.29) is 11.6 Å². The van der Waals surface area contributed by atoms with E-state index in [9.17, 15) is 13.9 Å². The molecule has 0 bridgehead atoms. The highest BCUT2D eigenvalue weighted by molar-refractivity contribution is 5.37. The quantitative estimate of drug-likeness (QED) is 0.932.